The maximum atomic E-state index is 12.8. The number of nitrogens with one attached hydrogen (secondary N) is 1. The van der Waals surface area contributed by atoms with Gasteiger partial charge in [-0.05, 0) is 51.1 Å². The number of hydrogen-bond donors (Lipinski definition) is 1. The van der Waals surface area contributed by atoms with Gasteiger partial charge < -0.3 is 14.8 Å². The van der Waals surface area contributed by atoms with E-state index in [1.54, 1.807) is 31.2 Å². The van der Waals surface area contributed by atoms with Gasteiger partial charge in [0.25, 0.3) is 5.91 Å². The second-order valence-corrected chi connectivity index (χ2v) is 10.2. The molecule has 0 aliphatic carbocycles. The van der Waals surface area contributed by atoms with E-state index >= 15 is 0 Å². The quantitative estimate of drug-likeness (QED) is 0.757. The first kappa shape index (κ1) is 22.0. The summed E-state index contributed by atoms with van der Waals surface area (Å²) in [5, 5.41) is 3.07. The Hall–Kier alpha value is -2.74. The number of anilines is 1. The molecular formula is C22H28N2O5S. The van der Waals surface area contributed by atoms with Crippen molar-refractivity contribution in [3.8, 4) is 11.5 Å². The van der Waals surface area contributed by atoms with E-state index in [-0.39, 0.29) is 11.9 Å². The molecule has 0 bridgehead atoms. The van der Waals surface area contributed by atoms with Crippen molar-refractivity contribution in [1.82, 2.24) is 5.32 Å². The number of carbonyl (C=O) groups is 1. The molecule has 1 N–H and O–H groups in total. The van der Waals surface area contributed by atoms with Crippen LogP contribution >= 0.6 is 0 Å². The molecule has 1 aliphatic heterocycles. The Bertz CT molecular complexity index is 1020. The summed E-state index contributed by atoms with van der Waals surface area (Å²) >= 11 is 0. The molecule has 0 saturated heterocycles. The predicted octanol–water partition coefficient (Wildman–Crippen LogP) is 3.27. The summed E-state index contributed by atoms with van der Waals surface area (Å²) in [5.74, 6) is 1.03. The Morgan fingerprint density at radius 1 is 1.20 bits per heavy atom. The first-order valence-corrected chi connectivity index (χ1v) is 11.6. The van der Waals surface area contributed by atoms with Crippen LogP contribution in [0, 0.1) is 0 Å². The highest BCUT2D eigenvalue weighted by Gasteiger charge is 2.35. The lowest BCUT2D eigenvalue weighted by molar-refractivity contribution is -0.128. The summed E-state index contributed by atoms with van der Waals surface area (Å²) in [7, 11) is -1.86. The minimum Gasteiger partial charge on any atom is -0.487 e. The molecule has 1 amide bonds. The molecule has 0 spiro atoms. The fourth-order valence-corrected chi connectivity index (χ4v) is 3.91. The summed E-state index contributed by atoms with van der Waals surface area (Å²) in [6.45, 7) is 5.68. The second-order valence-electron chi connectivity index (χ2n) is 8.15. The average molecular weight is 433 g/mol. The smallest absolute Gasteiger partial charge is 0.261 e. The van der Waals surface area contributed by atoms with E-state index in [2.05, 4.69) is 5.32 Å². The lowest BCUT2D eigenvalue weighted by Crippen LogP contribution is -2.44. The Morgan fingerprint density at radius 2 is 1.83 bits per heavy atom. The number of fused-ring (bicyclic) bond motifs is 1. The van der Waals surface area contributed by atoms with Gasteiger partial charge in [-0.3, -0.25) is 9.10 Å². The highest BCUT2D eigenvalue weighted by atomic mass is 32.2. The van der Waals surface area contributed by atoms with Crippen molar-refractivity contribution in [3.05, 3.63) is 54.1 Å². The highest BCUT2D eigenvalue weighted by molar-refractivity contribution is 7.92. The molecule has 3 rings (SSSR count). The van der Waals surface area contributed by atoms with Gasteiger partial charge in [0.2, 0.25) is 10.0 Å². The topological polar surface area (TPSA) is 84.9 Å². The van der Waals surface area contributed by atoms with Crippen LogP contribution in [0.4, 0.5) is 5.69 Å². The SMILES string of the molecule is CC(Oc1ccc(N(C)S(C)(=O)=O)cc1)C(=O)NC1CC(C)(C)Oc2ccccc21. The zero-order valence-corrected chi connectivity index (χ0v) is 18.7. The first-order valence-electron chi connectivity index (χ1n) is 9.75. The minimum absolute atomic E-state index is 0.172. The lowest BCUT2D eigenvalue weighted by Gasteiger charge is -2.38. The number of benzene rings is 2. The molecular weight excluding hydrogens is 404 g/mol. The van der Waals surface area contributed by atoms with Crippen LogP contribution in [0.1, 0.15) is 38.8 Å². The van der Waals surface area contributed by atoms with Gasteiger partial charge in [0.05, 0.1) is 18.0 Å². The third kappa shape index (κ3) is 5.05. The van der Waals surface area contributed by atoms with E-state index in [0.29, 0.717) is 17.9 Å². The van der Waals surface area contributed by atoms with E-state index in [9.17, 15) is 13.2 Å². The summed E-state index contributed by atoms with van der Waals surface area (Å²) in [4.78, 5) is 12.8. The normalized spacial score (nSPS) is 18.5. The van der Waals surface area contributed by atoms with E-state index in [0.717, 1.165) is 17.6 Å². The van der Waals surface area contributed by atoms with Crippen LogP contribution < -0.4 is 19.1 Å². The van der Waals surface area contributed by atoms with E-state index in [4.69, 9.17) is 9.47 Å². The second kappa shape index (κ2) is 8.18. The van der Waals surface area contributed by atoms with Crippen LogP contribution in [0.2, 0.25) is 0 Å². The van der Waals surface area contributed by atoms with Crippen molar-refractivity contribution < 1.29 is 22.7 Å². The molecule has 1 heterocycles. The molecule has 0 saturated carbocycles. The summed E-state index contributed by atoms with van der Waals surface area (Å²) in [5.41, 5.74) is 1.08. The van der Waals surface area contributed by atoms with Crippen LogP contribution in [0.3, 0.4) is 0 Å². The number of sulfonamides is 1. The lowest BCUT2D eigenvalue weighted by atomic mass is 9.89. The van der Waals surface area contributed by atoms with Crippen LogP contribution in [0.25, 0.3) is 0 Å². The van der Waals surface area contributed by atoms with Crippen molar-refractivity contribution in [1.29, 1.82) is 0 Å². The fourth-order valence-electron chi connectivity index (χ4n) is 3.40. The molecule has 2 aromatic rings. The van der Waals surface area contributed by atoms with Crippen molar-refractivity contribution in [2.75, 3.05) is 17.6 Å². The molecule has 162 valence electrons. The number of ether oxygens (including phenoxy) is 2. The van der Waals surface area contributed by atoms with E-state index in [1.165, 1.54) is 11.4 Å². The van der Waals surface area contributed by atoms with E-state index in [1.807, 2.05) is 38.1 Å². The molecule has 30 heavy (non-hydrogen) atoms. The van der Waals surface area contributed by atoms with Gasteiger partial charge in [-0.25, -0.2) is 8.42 Å². The van der Waals surface area contributed by atoms with Crippen molar-refractivity contribution in [2.24, 2.45) is 0 Å². The average Bonchev–Trinajstić information content (AvgIpc) is 2.66. The molecule has 2 atom stereocenters. The van der Waals surface area contributed by atoms with Crippen LogP contribution in [-0.2, 0) is 14.8 Å². The fraction of sp³-hybridized carbons (Fsp3) is 0.409. The molecule has 0 radical (unpaired) electrons. The Kier molecular flexibility index (Phi) is 5.99. The first-order chi connectivity index (χ1) is 14.0. The molecule has 0 aromatic heterocycles. The zero-order valence-electron chi connectivity index (χ0n) is 17.9. The molecule has 1 aliphatic rings. The molecule has 2 unspecified atom stereocenters. The number of amides is 1. The third-order valence-electron chi connectivity index (χ3n) is 5.07. The van der Waals surface area contributed by atoms with Gasteiger partial charge in [0.15, 0.2) is 6.10 Å². The van der Waals surface area contributed by atoms with E-state index < -0.39 is 21.7 Å². The predicted molar refractivity (Wildman–Crippen MR) is 116 cm³/mol. The third-order valence-corrected chi connectivity index (χ3v) is 6.28. The number of para-hydroxylation sites is 1. The molecule has 0 fully saturated rings. The largest absolute Gasteiger partial charge is 0.487 e. The molecule has 2 aromatic carbocycles. The highest BCUT2D eigenvalue weighted by Crippen LogP contribution is 2.39. The van der Waals surface area contributed by atoms with Gasteiger partial charge in [-0.15, -0.1) is 0 Å². The van der Waals surface area contributed by atoms with Gasteiger partial charge in [-0.1, -0.05) is 18.2 Å². The van der Waals surface area contributed by atoms with Crippen molar-refractivity contribution >= 4 is 21.6 Å². The monoisotopic (exact) mass is 432 g/mol. The summed E-state index contributed by atoms with van der Waals surface area (Å²) < 4.78 is 36.2. The number of nitrogens with zero attached hydrogens (tertiary/aromatic N) is 1. The summed E-state index contributed by atoms with van der Waals surface area (Å²) in [6.07, 6.45) is 1.07. The minimum atomic E-state index is -3.34. The maximum Gasteiger partial charge on any atom is 0.261 e. The van der Waals surface area contributed by atoms with Gasteiger partial charge in [-0.2, -0.15) is 0 Å². The van der Waals surface area contributed by atoms with Gasteiger partial charge >= 0.3 is 0 Å². The van der Waals surface area contributed by atoms with Crippen molar-refractivity contribution in [3.63, 3.8) is 0 Å². The van der Waals surface area contributed by atoms with Gasteiger partial charge in [0.1, 0.15) is 17.1 Å². The molecule has 8 heteroatoms. The Balaban J connectivity index is 1.67. The number of hydrogen-bond acceptors (Lipinski definition) is 5. The molecule has 7 nitrogen and oxygen atoms in total. The van der Waals surface area contributed by atoms with Gasteiger partial charge in [0, 0.05) is 19.0 Å². The Labute approximate surface area is 178 Å². The van der Waals surface area contributed by atoms with Crippen LogP contribution in [-0.4, -0.2) is 39.3 Å². The van der Waals surface area contributed by atoms with Crippen LogP contribution in [0.5, 0.6) is 11.5 Å². The summed E-state index contributed by atoms with van der Waals surface area (Å²) in [6, 6.07) is 14.1. The zero-order chi connectivity index (χ0) is 22.1. The Morgan fingerprint density at radius 3 is 2.47 bits per heavy atom. The standard InChI is InChI=1S/C22H28N2O5S/c1-15(28-17-12-10-16(11-13-17)24(4)30(5,26)27)21(25)23-19-14-22(2,3)29-20-9-7-6-8-18(19)20/h6-13,15,19H,14H2,1-5H3,(H,23,25). The number of rotatable bonds is 6. The number of carbonyl (C=O) groups excluding carboxylic acids is 1. The van der Waals surface area contributed by atoms with Crippen molar-refractivity contribution in [2.45, 2.75) is 44.9 Å². The van der Waals surface area contributed by atoms with Crippen LogP contribution in [0.15, 0.2) is 48.5 Å². The maximum absolute atomic E-state index is 12.8.